The number of fused-ring (bicyclic) bond motifs is 1. The van der Waals surface area contributed by atoms with Crippen LogP contribution in [0.2, 0.25) is 0 Å². The van der Waals surface area contributed by atoms with Crippen molar-refractivity contribution < 1.29 is 12.8 Å². The van der Waals surface area contributed by atoms with E-state index >= 15 is 0 Å². The molecule has 1 aliphatic rings. The fourth-order valence-electron chi connectivity index (χ4n) is 2.38. The number of sulfone groups is 1. The standard InChI is InChI=1S/C12H16FNO2S/c1-14-7-3-4-9-8-17(15,16)11-6-2-5-10(13)12(9)11/h2,5-6,9,14H,3-4,7-8H2,1H3. The van der Waals surface area contributed by atoms with Crippen molar-refractivity contribution in [1.82, 2.24) is 5.32 Å². The highest BCUT2D eigenvalue weighted by molar-refractivity contribution is 7.91. The van der Waals surface area contributed by atoms with Gasteiger partial charge in [0.05, 0.1) is 10.6 Å². The van der Waals surface area contributed by atoms with Crippen molar-refractivity contribution in [3.05, 3.63) is 29.6 Å². The molecule has 0 amide bonds. The van der Waals surface area contributed by atoms with Gasteiger partial charge in [0.25, 0.3) is 0 Å². The molecule has 1 aliphatic heterocycles. The predicted octanol–water partition coefficient (Wildman–Crippen LogP) is 1.70. The summed E-state index contributed by atoms with van der Waals surface area (Å²) in [5.74, 6) is -0.532. The largest absolute Gasteiger partial charge is 0.320 e. The molecular formula is C12H16FNO2S. The van der Waals surface area contributed by atoms with Crippen LogP contribution in [0.4, 0.5) is 4.39 Å². The molecule has 5 heteroatoms. The summed E-state index contributed by atoms with van der Waals surface area (Å²) in [4.78, 5) is 0.187. The fraction of sp³-hybridized carbons (Fsp3) is 0.500. The Morgan fingerprint density at radius 2 is 2.24 bits per heavy atom. The molecule has 1 N–H and O–H groups in total. The van der Waals surface area contributed by atoms with Gasteiger partial charge in [-0.15, -0.1) is 0 Å². The summed E-state index contributed by atoms with van der Waals surface area (Å²) in [5, 5.41) is 3.01. The normalized spacial score (nSPS) is 21.4. The van der Waals surface area contributed by atoms with E-state index in [1.54, 1.807) is 0 Å². The summed E-state index contributed by atoms with van der Waals surface area (Å²) >= 11 is 0. The molecule has 1 atom stereocenters. The van der Waals surface area contributed by atoms with Crippen LogP contribution in [0.3, 0.4) is 0 Å². The smallest absolute Gasteiger partial charge is 0.179 e. The molecular weight excluding hydrogens is 241 g/mol. The van der Waals surface area contributed by atoms with E-state index in [1.165, 1.54) is 18.2 Å². The molecule has 0 bridgehead atoms. The first-order chi connectivity index (χ1) is 8.06. The Morgan fingerprint density at radius 3 is 2.94 bits per heavy atom. The second kappa shape index (κ2) is 4.74. The van der Waals surface area contributed by atoms with Gasteiger partial charge in [0.2, 0.25) is 0 Å². The van der Waals surface area contributed by atoms with Crippen LogP contribution < -0.4 is 5.32 Å². The molecule has 0 spiro atoms. The van der Waals surface area contributed by atoms with Crippen molar-refractivity contribution in [2.45, 2.75) is 23.7 Å². The summed E-state index contributed by atoms with van der Waals surface area (Å²) in [6, 6.07) is 4.30. The number of halogens is 1. The van der Waals surface area contributed by atoms with E-state index in [9.17, 15) is 12.8 Å². The first kappa shape index (κ1) is 12.5. The number of hydrogen-bond acceptors (Lipinski definition) is 3. The Hall–Kier alpha value is -0.940. The summed E-state index contributed by atoms with van der Waals surface area (Å²) in [6.07, 6.45) is 1.55. The lowest BCUT2D eigenvalue weighted by molar-refractivity contribution is 0.555. The lowest BCUT2D eigenvalue weighted by Gasteiger charge is -2.10. The van der Waals surface area contributed by atoms with Crippen LogP contribution in [0.5, 0.6) is 0 Å². The van der Waals surface area contributed by atoms with Gasteiger partial charge >= 0.3 is 0 Å². The highest BCUT2D eigenvalue weighted by atomic mass is 32.2. The third-order valence-electron chi connectivity index (χ3n) is 3.16. The van der Waals surface area contributed by atoms with E-state index in [2.05, 4.69) is 5.32 Å². The minimum atomic E-state index is -3.27. The molecule has 2 rings (SSSR count). The maximum absolute atomic E-state index is 13.7. The summed E-state index contributed by atoms with van der Waals surface area (Å²) in [7, 11) is -1.43. The summed E-state index contributed by atoms with van der Waals surface area (Å²) < 4.78 is 37.4. The number of rotatable bonds is 4. The van der Waals surface area contributed by atoms with E-state index in [1.807, 2.05) is 7.05 Å². The zero-order chi connectivity index (χ0) is 12.5. The third-order valence-corrected chi connectivity index (χ3v) is 5.02. The van der Waals surface area contributed by atoms with Crippen molar-refractivity contribution in [3.8, 4) is 0 Å². The van der Waals surface area contributed by atoms with Gasteiger partial charge in [0, 0.05) is 11.5 Å². The fourth-order valence-corrected chi connectivity index (χ4v) is 4.30. The van der Waals surface area contributed by atoms with Crippen LogP contribution in [0.25, 0.3) is 0 Å². The van der Waals surface area contributed by atoms with Gasteiger partial charge in [-0.1, -0.05) is 6.07 Å². The monoisotopic (exact) mass is 257 g/mol. The summed E-state index contributed by atoms with van der Waals surface area (Å²) in [5.41, 5.74) is 0.392. The molecule has 0 radical (unpaired) electrons. The number of hydrogen-bond donors (Lipinski definition) is 1. The molecule has 94 valence electrons. The maximum atomic E-state index is 13.7. The van der Waals surface area contributed by atoms with Gasteiger partial charge in [0.15, 0.2) is 9.84 Å². The first-order valence-electron chi connectivity index (χ1n) is 5.72. The number of benzene rings is 1. The first-order valence-corrected chi connectivity index (χ1v) is 7.37. The Labute approximate surface area is 101 Å². The highest BCUT2D eigenvalue weighted by Gasteiger charge is 2.36. The molecule has 1 aromatic carbocycles. The van der Waals surface area contributed by atoms with Crippen molar-refractivity contribution in [2.75, 3.05) is 19.3 Å². The molecule has 0 aliphatic carbocycles. The number of nitrogens with one attached hydrogen (secondary N) is 1. The predicted molar refractivity (Wildman–Crippen MR) is 64.4 cm³/mol. The lowest BCUT2D eigenvalue weighted by atomic mass is 9.96. The molecule has 0 fully saturated rings. The van der Waals surface area contributed by atoms with Crippen molar-refractivity contribution in [1.29, 1.82) is 0 Å². The van der Waals surface area contributed by atoms with Gasteiger partial charge in [-0.2, -0.15) is 0 Å². The maximum Gasteiger partial charge on any atom is 0.179 e. The van der Waals surface area contributed by atoms with E-state index < -0.39 is 15.7 Å². The van der Waals surface area contributed by atoms with Crippen LogP contribution in [-0.2, 0) is 9.84 Å². The average molecular weight is 257 g/mol. The molecule has 0 aromatic heterocycles. The van der Waals surface area contributed by atoms with Gasteiger partial charge in [-0.3, -0.25) is 0 Å². The highest BCUT2D eigenvalue weighted by Crippen LogP contribution is 2.38. The second-order valence-electron chi connectivity index (χ2n) is 4.38. The molecule has 1 aromatic rings. The van der Waals surface area contributed by atoms with Crippen LogP contribution in [0.15, 0.2) is 23.1 Å². The zero-order valence-corrected chi connectivity index (χ0v) is 10.6. The molecule has 3 nitrogen and oxygen atoms in total. The van der Waals surface area contributed by atoms with E-state index in [0.29, 0.717) is 12.0 Å². The Morgan fingerprint density at radius 1 is 1.47 bits per heavy atom. The lowest BCUT2D eigenvalue weighted by Crippen LogP contribution is -2.11. The van der Waals surface area contributed by atoms with E-state index in [4.69, 9.17) is 0 Å². The van der Waals surface area contributed by atoms with E-state index in [-0.39, 0.29) is 16.6 Å². The SMILES string of the molecule is CNCCCC1CS(=O)(=O)c2cccc(F)c21. The molecule has 0 saturated carbocycles. The van der Waals surface area contributed by atoms with Gasteiger partial charge in [0.1, 0.15) is 5.82 Å². The minimum absolute atomic E-state index is 0.0486. The topological polar surface area (TPSA) is 46.2 Å². The third kappa shape index (κ3) is 2.35. The van der Waals surface area contributed by atoms with Gasteiger partial charge in [-0.25, -0.2) is 12.8 Å². The van der Waals surface area contributed by atoms with Crippen molar-refractivity contribution in [2.24, 2.45) is 0 Å². The summed E-state index contributed by atoms with van der Waals surface area (Å²) in [6.45, 7) is 0.820. The van der Waals surface area contributed by atoms with Crippen molar-refractivity contribution >= 4 is 9.84 Å². The van der Waals surface area contributed by atoms with Crippen LogP contribution >= 0.6 is 0 Å². The molecule has 1 heterocycles. The van der Waals surface area contributed by atoms with Crippen LogP contribution in [0.1, 0.15) is 24.3 Å². The van der Waals surface area contributed by atoms with Crippen LogP contribution in [0, 0.1) is 5.82 Å². The quantitative estimate of drug-likeness (QED) is 0.835. The Bertz CT molecular complexity index is 513. The Kier molecular flexibility index (Phi) is 3.49. The second-order valence-corrected chi connectivity index (χ2v) is 6.38. The Balaban J connectivity index is 2.30. The minimum Gasteiger partial charge on any atom is -0.320 e. The van der Waals surface area contributed by atoms with Crippen molar-refractivity contribution in [3.63, 3.8) is 0 Å². The molecule has 0 saturated heterocycles. The molecule has 17 heavy (non-hydrogen) atoms. The van der Waals surface area contributed by atoms with Gasteiger partial charge in [-0.05, 0) is 38.6 Å². The van der Waals surface area contributed by atoms with Gasteiger partial charge < -0.3 is 5.32 Å². The average Bonchev–Trinajstić information content (AvgIpc) is 2.53. The van der Waals surface area contributed by atoms with E-state index in [0.717, 1.165) is 13.0 Å². The molecule has 1 unspecified atom stereocenters. The van der Waals surface area contributed by atoms with Crippen LogP contribution in [-0.4, -0.2) is 27.8 Å². The zero-order valence-electron chi connectivity index (χ0n) is 9.74.